The van der Waals surface area contributed by atoms with Gasteiger partial charge in [-0.3, -0.25) is 4.79 Å². The van der Waals surface area contributed by atoms with Crippen molar-refractivity contribution in [3.05, 3.63) is 23.2 Å². The number of thioether (sulfide) groups is 1. The van der Waals surface area contributed by atoms with E-state index in [1.54, 1.807) is 28.8 Å². The van der Waals surface area contributed by atoms with Gasteiger partial charge in [0.1, 0.15) is 6.54 Å². The van der Waals surface area contributed by atoms with Crippen molar-refractivity contribution in [2.45, 2.75) is 23.5 Å². The summed E-state index contributed by atoms with van der Waals surface area (Å²) < 4.78 is -0.300. The number of rotatable bonds is 2. The smallest absolute Gasteiger partial charge is 0.323 e. The Morgan fingerprint density at radius 3 is 2.83 bits per heavy atom. The summed E-state index contributed by atoms with van der Waals surface area (Å²) in [5.41, 5.74) is 0.777. The maximum atomic E-state index is 11.0. The van der Waals surface area contributed by atoms with Crippen LogP contribution in [-0.4, -0.2) is 27.4 Å². The highest BCUT2D eigenvalue weighted by molar-refractivity contribution is 8.03. The number of fused-ring (bicyclic) bond motifs is 1. The normalized spacial score (nSPS) is 17.5. The number of nitrogens with zero attached hydrogens (tertiary/aromatic N) is 1. The summed E-state index contributed by atoms with van der Waals surface area (Å²) in [6.07, 6.45) is 0. The van der Waals surface area contributed by atoms with Gasteiger partial charge in [0, 0.05) is 9.92 Å². The molecule has 0 aromatic heterocycles. The molecule has 1 aliphatic rings. The minimum Gasteiger partial charge on any atom is -0.480 e. The molecule has 3 nitrogen and oxygen atoms in total. The van der Waals surface area contributed by atoms with Crippen LogP contribution in [0.1, 0.15) is 13.8 Å². The van der Waals surface area contributed by atoms with Crippen molar-refractivity contribution in [2.75, 3.05) is 11.4 Å². The van der Waals surface area contributed by atoms with Gasteiger partial charge in [-0.1, -0.05) is 23.8 Å². The summed E-state index contributed by atoms with van der Waals surface area (Å²) in [5.74, 6) is -0.911. The molecule has 2 rings (SSSR count). The highest BCUT2D eigenvalue weighted by Crippen LogP contribution is 2.46. The molecule has 1 N–H and O–H groups in total. The Bertz CT molecular complexity index is 531. The predicted octanol–water partition coefficient (Wildman–Crippen LogP) is 3.44. The maximum absolute atomic E-state index is 11.0. The Morgan fingerprint density at radius 2 is 2.22 bits per heavy atom. The Labute approximate surface area is 120 Å². The van der Waals surface area contributed by atoms with Gasteiger partial charge in [0.05, 0.1) is 15.4 Å². The summed E-state index contributed by atoms with van der Waals surface area (Å²) in [6, 6.07) is 5.46. The van der Waals surface area contributed by atoms with Crippen LogP contribution in [0.4, 0.5) is 5.69 Å². The van der Waals surface area contributed by atoms with Crippen molar-refractivity contribution < 1.29 is 9.90 Å². The molecule has 0 fully saturated rings. The average molecular weight is 302 g/mol. The van der Waals surface area contributed by atoms with Crippen molar-refractivity contribution in [1.82, 2.24) is 0 Å². The molecule has 1 heterocycles. The molecule has 0 saturated carbocycles. The van der Waals surface area contributed by atoms with Crippen LogP contribution in [-0.2, 0) is 4.79 Å². The number of carboxylic acid groups (broad SMARTS) is 1. The molecule has 0 unspecified atom stereocenters. The van der Waals surface area contributed by atoms with Gasteiger partial charge in [0.2, 0.25) is 0 Å². The van der Waals surface area contributed by atoms with E-state index in [1.165, 1.54) is 0 Å². The molecular formula is C12H12ClNO2S2. The first-order valence-corrected chi connectivity index (χ1v) is 6.94. The van der Waals surface area contributed by atoms with E-state index in [4.69, 9.17) is 28.9 Å². The molecule has 1 aromatic rings. The zero-order valence-electron chi connectivity index (χ0n) is 9.94. The molecule has 0 bridgehead atoms. The predicted molar refractivity (Wildman–Crippen MR) is 79.0 cm³/mol. The lowest BCUT2D eigenvalue weighted by Gasteiger charge is -2.39. The fourth-order valence-electron chi connectivity index (χ4n) is 1.83. The second-order valence-electron chi connectivity index (χ2n) is 4.51. The van der Waals surface area contributed by atoms with E-state index in [-0.39, 0.29) is 11.3 Å². The van der Waals surface area contributed by atoms with Crippen molar-refractivity contribution in [3.8, 4) is 0 Å². The molecule has 18 heavy (non-hydrogen) atoms. The van der Waals surface area contributed by atoms with Crippen LogP contribution in [0, 0.1) is 0 Å². The largest absolute Gasteiger partial charge is 0.480 e. The number of benzene rings is 1. The standard InChI is InChI=1S/C12H12ClNO2S2/c1-12(2)11(17)14(6-10(15)16)8-5-7(13)3-4-9(8)18-12/h3-5H,6H2,1-2H3,(H,15,16). The van der Waals surface area contributed by atoms with Crippen molar-refractivity contribution >= 4 is 52.2 Å². The third kappa shape index (κ3) is 2.48. The summed E-state index contributed by atoms with van der Waals surface area (Å²) >= 11 is 13.0. The number of carboxylic acids is 1. The van der Waals surface area contributed by atoms with Crippen LogP contribution < -0.4 is 4.90 Å². The molecule has 0 aliphatic carbocycles. The topological polar surface area (TPSA) is 40.5 Å². The number of carbonyl (C=O) groups is 1. The van der Waals surface area contributed by atoms with E-state index in [2.05, 4.69) is 0 Å². The van der Waals surface area contributed by atoms with E-state index in [9.17, 15) is 4.79 Å². The summed E-state index contributed by atoms with van der Waals surface area (Å²) in [7, 11) is 0. The van der Waals surface area contributed by atoms with E-state index in [0.717, 1.165) is 10.6 Å². The number of hydrogen-bond donors (Lipinski definition) is 1. The van der Waals surface area contributed by atoms with Crippen LogP contribution in [0.15, 0.2) is 23.1 Å². The third-order valence-corrected chi connectivity index (χ3v) is 4.99. The maximum Gasteiger partial charge on any atom is 0.323 e. The highest BCUT2D eigenvalue weighted by Gasteiger charge is 2.37. The van der Waals surface area contributed by atoms with E-state index in [1.807, 2.05) is 19.9 Å². The van der Waals surface area contributed by atoms with Crippen molar-refractivity contribution in [1.29, 1.82) is 0 Å². The molecule has 6 heteroatoms. The van der Waals surface area contributed by atoms with Gasteiger partial charge in [-0.15, -0.1) is 11.8 Å². The van der Waals surface area contributed by atoms with Crippen LogP contribution in [0.3, 0.4) is 0 Å². The Hall–Kier alpha value is -0.780. The van der Waals surface area contributed by atoms with Crippen LogP contribution in [0.25, 0.3) is 0 Å². The molecule has 0 saturated heterocycles. The first-order valence-electron chi connectivity index (χ1n) is 5.33. The fourth-order valence-corrected chi connectivity index (χ4v) is 3.44. The fraction of sp³-hybridized carbons (Fsp3) is 0.333. The molecule has 1 aliphatic heterocycles. The van der Waals surface area contributed by atoms with Gasteiger partial charge in [-0.25, -0.2) is 0 Å². The monoisotopic (exact) mass is 301 g/mol. The van der Waals surface area contributed by atoms with Crippen LogP contribution >= 0.6 is 35.6 Å². The molecule has 0 amide bonds. The minimum absolute atomic E-state index is 0.143. The quantitative estimate of drug-likeness (QED) is 0.847. The highest BCUT2D eigenvalue weighted by atomic mass is 35.5. The lowest BCUT2D eigenvalue weighted by molar-refractivity contribution is -0.135. The van der Waals surface area contributed by atoms with Gasteiger partial charge in [-0.2, -0.15) is 0 Å². The first kappa shape index (κ1) is 13.6. The van der Waals surface area contributed by atoms with E-state index in [0.29, 0.717) is 10.0 Å². The third-order valence-electron chi connectivity index (χ3n) is 2.63. The molecule has 0 radical (unpaired) electrons. The lowest BCUT2D eigenvalue weighted by Crippen LogP contribution is -2.47. The SMILES string of the molecule is CC1(C)Sc2ccc(Cl)cc2N(CC(=O)O)C1=S. The second-order valence-corrected chi connectivity index (χ2v) is 7.00. The van der Waals surface area contributed by atoms with E-state index < -0.39 is 5.97 Å². The Morgan fingerprint density at radius 1 is 1.56 bits per heavy atom. The zero-order valence-corrected chi connectivity index (χ0v) is 12.3. The number of hydrogen-bond acceptors (Lipinski definition) is 3. The van der Waals surface area contributed by atoms with Crippen LogP contribution in [0.5, 0.6) is 0 Å². The number of aliphatic carboxylic acids is 1. The molecule has 0 spiro atoms. The Balaban J connectivity index is 2.53. The van der Waals surface area contributed by atoms with Gasteiger partial charge >= 0.3 is 5.97 Å². The molecular weight excluding hydrogens is 290 g/mol. The van der Waals surface area contributed by atoms with Crippen LogP contribution in [0.2, 0.25) is 5.02 Å². The molecule has 0 atom stereocenters. The molecule has 96 valence electrons. The van der Waals surface area contributed by atoms with Gasteiger partial charge in [0.25, 0.3) is 0 Å². The van der Waals surface area contributed by atoms with Gasteiger partial charge in [0.15, 0.2) is 0 Å². The summed E-state index contributed by atoms with van der Waals surface area (Å²) in [6.45, 7) is 3.84. The van der Waals surface area contributed by atoms with Gasteiger partial charge in [-0.05, 0) is 32.0 Å². The Kier molecular flexibility index (Phi) is 3.58. The van der Waals surface area contributed by atoms with Crippen molar-refractivity contribution in [2.24, 2.45) is 0 Å². The van der Waals surface area contributed by atoms with Gasteiger partial charge < -0.3 is 10.0 Å². The number of anilines is 1. The van der Waals surface area contributed by atoms with Crippen molar-refractivity contribution in [3.63, 3.8) is 0 Å². The minimum atomic E-state index is -0.911. The number of thiocarbonyl (C=S) groups is 1. The first-order chi connectivity index (χ1) is 8.31. The summed E-state index contributed by atoms with van der Waals surface area (Å²) in [5, 5.41) is 9.58. The zero-order chi connectivity index (χ0) is 13.5. The van der Waals surface area contributed by atoms with E-state index >= 15 is 0 Å². The summed E-state index contributed by atoms with van der Waals surface area (Å²) in [4.78, 5) is 14.2. The molecule has 1 aromatic carbocycles. The number of halogens is 1. The lowest BCUT2D eigenvalue weighted by atomic mass is 10.1. The average Bonchev–Trinajstić information content (AvgIpc) is 2.25. The second kappa shape index (κ2) is 4.72.